The molecule has 1 aliphatic carbocycles. The number of sulfonamides is 1. The quantitative estimate of drug-likeness (QED) is 0.898. The number of thiophene rings is 1. The molecule has 0 bridgehead atoms. The number of hydrogen-bond acceptors (Lipinski definition) is 5. The van der Waals surface area contributed by atoms with Gasteiger partial charge >= 0.3 is 5.97 Å². The van der Waals surface area contributed by atoms with Crippen LogP contribution < -0.4 is 0 Å². The Labute approximate surface area is 128 Å². The Bertz CT molecular complexity index is 656. The van der Waals surface area contributed by atoms with Gasteiger partial charge in [0.05, 0.1) is 4.90 Å². The first-order valence-electron chi connectivity index (χ1n) is 6.97. The predicted octanol–water partition coefficient (Wildman–Crippen LogP) is 1.22. The lowest BCUT2D eigenvalue weighted by molar-refractivity contribution is 0.0702. The molecule has 0 aromatic carbocycles. The third-order valence-corrected chi connectivity index (χ3v) is 7.23. The molecular formula is C13H18N2O4S2. The lowest BCUT2D eigenvalue weighted by Gasteiger charge is -2.33. The summed E-state index contributed by atoms with van der Waals surface area (Å²) in [6.45, 7) is 4.15. The van der Waals surface area contributed by atoms with Gasteiger partial charge in [-0.2, -0.15) is 4.31 Å². The van der Waals surface area contributed by atoms with Crippen LogP contribution in [0.25, 0.3) is 0 Å². The number of carboxylic acids is 1. The Morgan fingerprint density at radius 3 is 2.38 bits per heavy atom. The number of hydrogen-bond donors (Lipinski definition) is 1. The van der Waals surface area contributed by atoms with Gasteiger partial charge in [0.1, 0.15) is 4.88 Å². The van der Waals surface area contributed by atoms with Gasteiger partial charge in [-0.15, -0.1) is 11.3 Å². The van der Waals surface area contributed by atoms with Gasteiger partial charge in [0.2, 0.25) is 10.0 Å². The maximum absolute atomic E-state index is 12.7. The van der Waals surface area contributed by atoms with Crippen LogP contribution in [0.4, 0.5) is 0 Å². The van der Waals surface area contributed by atoms with Gasteiger partial charge in [-0.3, -0.25) is 4.90 Å². The van der Waals surface area contributed by atoms with Crippen molar-refractivity contribution in [3.05, 3.63) is 15.8 Å². The van der Waals surface area contributed by atoms with E-state index in [4.69, 9.17) is 5.11 Å². The molecule has 2 heterocycles. The summed E-state index contributed by atoms with van der Waals surface area (Å²) in [5, 5.41) is 9.00. The Hall–Kier alpha value is -0.960. The number of rotatable bonds is 4. The third kappa shape index (κ3) is 2.85. The molecule has 21 heavy (non-hydrogen) atoms. The number of aromatic carboxylic acids is 1. The summed E-state index contributed by atoms with van der Waals surface area (Å²) in [7, 11) is -3.58. The minimum atomic E-state index is -3.58. The molecule has 8 heteroatoms. The molecule has 116 valence electrons. The minimum absolute atomic E-state index is 0.0719. The third-order valence-electron chi connectivity index (χ3n) is 4.04. The number of carbonyl (C=O) groups is 1. The van der Waals surface area contributed by atoms with E-state index in [9.17, 15) is 13.2 Å². The van der Waals surface area contributed by atoms with Crippen LogP contribution in [0.15, 0.2) is 11.0 Å². The Morgan fingerprint density at radius 2 is 1.90 bits per heavy atom. The summed E-state index contributed by atoms with van der Waals surface area (Å²) in [5.41, 5.74) is 0. The van der Waals surface area contributed by atoms with E-state index in [1.807, 2.05) is 0 Å². The van der Waals surface area contributed by atoms with Crippen molar-refractivity contribution in [1.29, 1.82) is 0 Å². The zero-order chi connectivity index (χ0) is 15.2. The normalized spacial score (nSPS) is 21.6. The maximum atomic E-state index is 12.7. The molecule has 3 rings (SSSR count). The predicted molar refractivity (Wildman–Crippen MR) is 79.4 cm³/mol. The SMILES string of the molecule is Cc1sc(C(=O)O)cc1S(=O)(=O)N1CCN(C2CC2)CC1. The molecule has 1 N–H and O–H groups in total. The first kappa shape index (κ1) is 15.0. The molecule has 0 unspecified atom stereocenters. The molecule has 1 saturated carbocycles. The molecule has 0 amide bonds. The fourth-order valence-electron chi connectivity index (χ4n) is 2.71. The van der Waals surface area contributed by atoms with E-state index in [0.29, 0.717) is 24.0 Å². The van der Waals surface area contributed by atoms with Crippen molar-refractivity contribution in [2.24, 2.45) is 0 Å². The molecule has 0 radical (unpaired) electrons. The van der Waals surface area contributed by atoms with Gasteiger partial charge < -0.3 is 5.11 Å². The molecule has 2 fully saturated rings. The highest BCUT2D eigenvalue weighted by atomic mass is 32.2. The van der Waals surface area contributed by atoms with Crippen molar-refractivity contribution in [2.75, 3.05) is 26.2 Å². The number of piperazine rings is 1. The maximum Gasteiger partial charge on any atom is 0.345 e. The molecule has 1 aromatic rings. The fraction of sp³-hybridized carbons (Fsp3) is 0.615. The number of carboxylic acid groups (broad SMARTS) is 1. The Kier molecular flexibility index (Phi) is 3.81. The lowest BCUT2D eigenvalue weighted by Crippen LogP contribution is -2.49. The molecular weight excluding hydrogens is 312 g/mol. The van der Waals surface area contributed by atoms with E-state index >= 15 is 0 Å². The van der Waals surface area contributed by atoms with E-state index in [-0.39, 0.29) is 9.77 Å². The molecule has 0 spiro atoms. The molecule has 1 saturated heterocycles. The second-order valence-electron chi connectivity index (χ2n) is 5.51. The van der Waals surface area contributed by atoms with Gasteiger partial charge in [0.25, 0.3) is 0 Å². The highest BCUT2D eigenvalue weighted by Crippen LogP contribution is 2.31. The largest absolute Gasteiger partial charge is 0.477 e. The first-order chi connectivity index (χ1) is 9.89. The van der Waals surface area contributed by atoms with Gasteiger partial charge in [-0.05, 0) is 25.8 Å². The fourth-order valence-corrected chi connectivity index (χ4v) is 5.54. The molecule has 2 aliphatic rings. The van der Waals surface area contributed by atoms with Crippen LogP contribution in [0.5, 0.6) is 0 Å². The first-order valence-corrected chi connectivity index (χ1v) is 9.23. The van der Waals surface area contributed by atoms with Crippen LogP contribution in [0.1, 0.15) is 27.4 Å². The molecule has 6 nitrogen and oxygen atoms in total. The highest BCUT2D eigenvalue weighted by molar-refractivity contribution is 7.89. The summed E-state index contributed by atoms with van der Waals surface area (Å²) >= 11 is 1.01. The average molecular weight is 330 g/mol. The molecule has 1 aromatic heterocycles. The van der Waals surface area contributed by atoms with Gasteiger partial charge in [0, 0.05) is 37.1 Å². The zero-order valence-corrected chi connectivity index (χ0v) is 13.4. The summed E-state index contributed by atoms with van der Waals surface area (Å²) in [5.74, 6) is -1.08. The van der Waals surface area contributed by atoms with Crippen LogP contribution in [-0.4, -0.2) is 60.9 Å². The van der Waals surface area contributed by atoms with Crippen LogP contribution in [0.2, 0.25) is 0 Å². The standard InChI is InChI=1S/C13H18N2O4S2/c1-9-12(8-11(20-9)13(16)17)21(18,19)15-6-4-14(5-7-15)10-2-3-10/h8,10H,2-7H2,1H3,(H,16,17). The second kappa shape index (κ2) is 5.35. The van der Waals surface area contributed by atoms with Crippen molar-refractivity contribution in [2.45, 2.75) is 30.7 Å². The second-order valence-corrected chi connectivity index (χ2v) is 8.67. The highest BCUT2D eigenvalue weighted by Gasteiger charge is 2.36. The zero-order valence-electron chi connectivity index (χ0n) is 11.8. The summed E-state index contributed by atoms with van der Waals surface area (Å²) in [6.07, 6.45) is 2.44. The van der Waals surface area contributed by atoms with Crippen molar-refractivity contribution in [3.63, 3.8) is 0 Å². The summed E-state index contributed by atoms with van der Waals surface area (Å²) < 4.78 is 26.8. The number of aryl methyl sites for hydroxylation is 1. The average Bonchev–Trinajstić information content (AvgIpc) is 3.21. The Morgan fingerprint density at radius 1 is 1.29 bits per heavy atom. The minimum Gasteiger partial charge on any atom is -0.477 e. The van der Waals surface area contributed by atoms with Gasteiger partial charge in [-0.25, -0.2) is 13.2 Å². The van der Waals surface area contributed by atoms with E-state index in [1.54, 1.807) is 6.92 Å². The van der Waals surface area contributed by atoms with Crippen molar-refractivity contribution < 1.29 is 18.3 Å². The lowest BCUT2D eigenvalue weighted by atomic mass is 10.3. The van der Waals surface area contributed by atoms with Crippen LogP contribution >= 0.6 is 11.3 Å². The topological polar surface area (TPSA) is 77.9 Å². The van der Waals surface area contributed by atoms with Crippen LogP contribution in [-0.2, 0) is 10.0 Å². The Balaban J connectivity index is 1.79. The van der Waals surface area contributed by atoms with Crippen LogP contribution in [0, 0.1) is 6.92 Å². The molecule has 0 atom stereocenters. The van der Waals surface area contributed by atoms with E-state index in [1.165, 1.54) is 23.2 Å². The van der Waals surface area contributed by atoms with E-state index in [2.05, 4.69) is 4.90 Å². The van der Waals surface area contributed by atoms with E-state index < -0.39 is 16.0 Å². The van der Waals surface area contributed by atoms with E-state index in [0.717, 1.165) is 24.4 Å². The number of nitrogens with zero attached hydrogens (tertiary/aromatic N) is 2. The van der Waals surface area contributed by atoms with Crippen molar-refractivity contribution in [1.82, 2.24) is 9.21 Å². The monoisotopic (exact) mass is 330 g/mol. The summed E-state index contributed by atoms with van der Waals surface area (Å²) in [4.78, 5) is 14.1. The van der Waals surface area contributed by atoms with Gasteiger partial charge in [0.15, 0.2) is 0 Å². The van der Waals surface area contributed by atoms with Gasteiger partial charge in [-0.1, -0.05) is 0 Å². The summed E-state index contributed by atoms with van der Waals surface area (Å²) in [6, 6.07) is 1.93. The van der Waals surface area contributed by atoms with Crippen molar-refractivity contribution >= 4 is 27.3 Å². The molecule has 1 aliphatic heterocycles. The van der Waals surface area contributed by atoms with Crippen LogP contribution in [0.3, 0.4) is 0 Å². The van der Waals surface area contributed by atoms with Crippen molar-refractivity contribution in [3.8, 4) is 0 Å². The smallest absolute Gasteiger partial charge is 0.345 e.